The molecule has 0 fully saturated rings. The molecule has 0 bridgehead atoms. The van der Waals surface area contributed by atoms with E-state index < -0.39 is 0 Å². The number of alkyl halides is 1. The Hall–Kier alpha value is -1.61. The molecule has 0 aliphatic rings. The number of rotatable bonds is 4. The van der Waals surface area contributed by atoms with Gasteiger partial charge in [-0.1, -0.05) is 6.07 Å². The van der Waals surface area contributed by atoms with Gasteiger partial charge in [0.1, 0.15) is 12.4 Å². The van der Waals surface area contributed by atoms with E-state index in [-0.39, 0.29) is 0 Å². The van der Waals surface area contributed by atoms with E-state index in [2.05, 4.69) is 9.97 Å². The molecule has 0 N–H and O–H groups in total. The zero-order valence-corrected chi connectivity index (χ0v) is 11.2. The molecular weight excluding hydrogens is 248 g/mol. The lowest BCUT2D eigenvalue weighted by Crippen LogP contribution is -2.03. The highest BCUT2D eigenvalue weighted by Gasteiger charge is 2.06. The third-order valence-corrected chi connectivity index (χ3v) is 2.93. The third-order valence-electron chi connectivity index (χ3n) is 2.68. The van der Waals surface area contributed by atoms with Crippen LogP contribution in [0.25, 0.3) is 0 Å². The van der Waals surface area contributed by atoms with Crippen LogP contribution in [0.1, 0.15) is 22.6 Å². The Bertz CT molecular complexity index is 543. The maximum Gasteiger partial charge on any atom is 0.142 e. The van der Waals surface area contributed by atoms with Crippen molar-refractivity contribution in [1.82, 2.24) is 9.97 Å². The fourth-order valence-corrected chi connectivity index (χ4v) is 1.83. The van der Waals surface area contributed by atoms with Crippen molar-refractivity contribution in [3.8, 4) is 5.75 Å². The Kier molecular flexibility index (Phi) is 4.15. The SMILES string of the molecule is Cc1ccc(OCc2ncccc2C)c(CCl)n1. The van der Waals surface area contributed by atoms with Crippen molar-refractivity contribution in [2.45, 2.75) is 26.3 Å². The van der Waals surface area contributed by atoms with E-state index in [9.17, 15) is 0 Å². The quantitative estimate of drug-likeness (QED) is 0.792. The fourth-order valence-electron chi connectivity index (χ4n) is 1.64. The second-order valence-corrected chi connectivity index (χ2v) is 4.35. The first-order valence-electron chi connectivity index (χ1n) is 5.76. The minimum atomic E-state index is 0.345. The summed E-state index contributed by atoms with van der Waals surface area (Å²) in [7, 11) is 0. The maximum absolute atomic E-state index is 5.86. The molecule has 0 saturated carbocycles. The van der Waals surface area contributed by atoms with Crippen molar-refractivity contribution in [3.05, 3.63) is 53.1 Å². The topological polar surface area (TPSA) is 35.0 Å². The first kappa shape index (κ1) is 12.8. The van der Waals surface area contributed by atoms with Crippen molar-refractivity contribution in [3.63, 3.8) is 0 Å². The lowest BCUT2D eigenvalue weighted by Gasteiger charge is -2.10. The van der Waals surface area contributed by atoms with E-state index in [1.165, 1.54) is 0 Å². The molecule has 0 radical (unpaired) electrons. The Morgan fingerprint density at radius 3 is 2.72 bits per heavy atom. The zero-order valence-electron chi connectivity index (χ0n) is 10.5. The number of hydrogen-bond acceptors (Lipinski definition) is 3. The van der Waals surface area contributed by atoms with Gasteiger partial charge in [0.2, 0.25) is 0 Å². The highest BCUT2D eigenvalue weighted by atomic mass is 35.5. The monoisotopic (exact) mass is 262 g/mol. The van der Waals surface area contributed by atoms with E-state index in [1.54, 1.807) is 6.20 Å². The minimum Gasteiger partial charge on any atom is -0.485 e. The van der Waals surface area contributed by atoms with Crippen LogP contribution >= 0.6 is 11.6 Å². The summed E-state index contributed by atoms with van der Waals surface area (Å²) in [6.07, 6.45) is 1.77. The molecule has 2 heterocycles. The number of pyridine rings is 2. The largest absolute Gasteiger partial charge is 0.485 e. The first-order chi connectivity index (χ1) is 8.70. The van der Waals surface area contributed by atoms with Gasteiger partial charge in [0, 0.05) is 11.9 Å². The van der Waals surface area contributed by atoms with E-state index in [1.807, 2.05) is 38.1 Å². The summed E-state index contributed by atoms with van der Waals surface area (Å²) in [5.41, 5.74) is 3.75. The number of nitrogens with zero attached hydrogens (tertiary/aromatic N) is 2. The van der Waals surface area contributed by atoms with Crippen molar-refractivity contribution in [2.75, 3.05) is 0 Å². The van der Waals surface area contributed by atoms with Crippen LogP contribution in [0.5, 0.6) is 5.75 Å². The molecule has 2 aromatic heterocycles. The molecule has 0 saturated heterocycles. The van der Waals surface area contributed by atoms with Crippen LogP contribution in [0.2, 0.25) is 0 Å². The number of aryl methyl sites for hydroxylation is 2. The molecule has 0 aliphatic heterocycles. The predicted molar refractivity (Wildman–Crippen MR) is 71.8 cm³/mol. The maximum atomic E-state index is 5.86. The normalized spacial score (nSPS) is 10.4. The standard InChI is InChI=1S/C14H15ClN2O/c1-10-4-3-7-16-13(10)9-18-14-6-5-11(2)17-12(14)8-15/h3-7H,8-9H2,1-2H3. The van der Waals surface area contributed by atoms with Gasteiger partial charge in [0.15, 0.2) is 0 Å². The minimum absolute atomic E-state index is 0.345. The highest BCUT2D eigenvalue weighted by Crippen LogP contribution is 2.20. The lowest BCUT2D eigenvalue weighted by molar-refractivity contribution is 0.296. The van der Waals surface area contributed by atoms with Gasteiger partial charge in [0.05, 0.1) is 17.3 Å². The molecule has 4 heteroatoms. The summed E-state index contributed by atoms with van der Waals surface area (Å²) < 4.78 is 5.74. The summed E-state index contributed by atoms with van der Waals surface area (Å²) in [6.45, 7) is 4.38. The van der Waals surface area contributed by atoms with Gasteiger partial charge in [0.25, 0.3) is 0 Å². The molecule has 18 heavy (non-hydrogen) atoms. The van der Waals surface area contributed by atoms with Crippen LogP contribution in [-0.2, 0) is 12.5 Å². The molecule has 0 unspecified atom stereocenters. The Morgan fingerprint density at radius 1 is 1.17 bits per heavy atom. The smallest absolute Gasteiger partial charge is 0.142 e. The summed E-state index contributed by atoms with van der Waals surface area (Å²) in [5, 5.41) is 0. The molecule has 0 aromatic carbocycles. The van der Waals surface area contributed by atoms with Gasteiger partial charge < -0.3 is 4.74 Å². The number of ether oxygens (including phenoxy) is 1. The van der Waals surface area contributed by atoms with Crippen molar-refractivity contribution in [2.24, 2.45) is 0 Å². The van der Waals surface area contributed by atoms with Crippen LogP contribution in [-0.4, -0.2) is 9.97 Å². The first-order valence-corrected chi connectivity index (χ1v) is 6.30. The zero-order chi connectivity index (χ0) is 13.0. The van der Waals surface area contributed by atoms with Gasteiger partial charge >= 0.3 is 0 Å². The summed E-state index contributed by atoms with van der Waals surface area (Å²) in [5.74, 6) is 1.07. The molecule has 3 nitrogen and oxygen atoms in total. The number of aromatic nitrogens is 2. The third kappa shape index (κ3) is 2.99. The Labute approximate surface area is 112 Å². The van der Waals surface area contributed by atoms with Gasteiger partial charge in [-0.2, -0.15) is 0 Å². The van der Waals surface area contributed by atoms with Gasteiger partial charge in [-0.3, -0.25) is 9.97 Å². The van der Waals surface area contributed by atoms with Crippen molar-refractivity contribution >= 4 is 11.6 Å². The number of hydrogen-bond donors (Lipinski definition) is 0. The van der Waals surface area contributed by atoms with E-state index >= 15 is 0 Å². The van der Waals surface area contributed by atoms with Crippen LogP contribution < -0.4 is 4.74 Å². The molecule has 0 atom stereocenters. The molecule has 94 valence electrons. The Balaban J connectivity index is 2.13. The van der Waals surface area contributed by atoms with Gasteiger partial charge in [-0.05, 0) is 37.6 Å². The van der Waals surface area contributed by atoms with Crippen LogP contribution in [0.4, 0.5) is 0 Å². The highest BCUT2D eigenvalue weighted by molar-refractivity contribution is 6.17. The van der Waals surface area contributed by atoms with Crippen LogP contribution in [0.3, 0.4) is 0 Å². The van der Waals surface area contributed by atoms with E-state index in [0.29, 0.717) is 12.5 Å². The molecule has 0 amide bonds. The van der Waals surface area contributed by atoms with E-state index in [0.717, 1.165) is 28.4 Å². The van der Waals surface area contributed by atoms with E-state index in [4.69, 9.17) is 16.3 Å². The average molecular weight is 263 g/mol. The molecular formula is C14H15ClN2O. The average Bonchev–Trinajstić information content (AvgIpc) is 2.39. The van der Waals surface area contributed by atoms with Gasteiger partial charge in [-0.15, -0.1) is 11.6 Å². The second-order valence-electron chi connectivity index (χ2n) is 4.09. The summed E-state index contributed by atoms with van der Waals surface area (Å²) in [4.78, 5) is 8.64. The van der Waals surface area contributed by atoms with Crippen molar-refractivity contribution in [1.29, 1.82) is 0 Å². The summed E-state index contributed by atoms with van der Waals surface area (Å²) in [6, 6.07) is 7.74. The number of halogens is 1. The lowest BCUT2D eigenvalue weighted by atomic mass is 10.2. The molecule has 2 rings (SSSR count). The molecule has 2 aromatic rings. The molecule has 0 spiro atoms. The predicted octanol–water partition coefficient (Wildman–Crippen LogP) is 3.41. The van der Waals surface area contributed by atoms with Crippen LogP contribution in [0.15, 0.2) is 30.5 Å². The van der Waals surface area contributed by atoms with Crippen LogP contribution in [0, 0.1) is 13.8 Å². The summed E-state index contributed by atoms with van der Waals surface area (Å²) >= 11 is 5.86. The van der Waals surface area contributed by atoms with Gasteiger partial charge in [-0.25, -0.2) is 0 Å². The molecule has 0 aliphatic carbocycles. The fraction of sp³-hybridized carbons (Fsp3) is 0.286. The Morgan fingerprint density at radius 2 is 2.00 bits per heavy atom. The second kappa shape index (κ2) is 5.83. The van der Waals surface area contributed by atoms with Crippen molar-refractivity contribution < 1.29 is 4.74 Å².